The van der Waals surface area contributed by atoms with Crippen molar-refractivity contribution in [2.45, 2.75) is 16.3 Å². The van der Waals surface area contributed by atoms with Crippen LogP contribution in [0.3, 0.4) is 0 Å². The van der Waals surface area contributed by atoms with Crippen molar-refractivity contribution in [3.05, 3.63) is 30.3 Å². The van der Waals surface area contributed by atoms with Gasteiger partial charge >= 0.3 is 6.09 Å². The number of hydrogen-bond acceptors (Lipinski definition) is 3. The summed E-state index contributed by atoms with van der Waals surface area (Å²) < 4.78 is 4.14. The summed E-state index contributed by atoms with van der Waals surface area (Å²) >= 11 is 6.43. The number of carbonyl (C=O) groups is 2. The molecule has 2 amide bonds. The van der Waals surface area contributed by atoms with E-state index in [0.29, 0.717) is 5.69 Å². The van der Waals surface area contributed by atoms with Crippen LogP contribution in [0.5, 0.6) is 0 Å². The van der Waals surface area contributed by atoms with E-state index in [1.165, 1.54) is 0 Å². The summed E-state index contributed by atoms with van der Waals surface area (Å²) in [6.45, 7) is 1.62. The minimum absolute atomic E-state index is 0.355. The first-order valence-electron chi connectivity index (χ1n) is 4.88. The molecule has 1 heterocycles. The number of nitrogens with zero attached hydrogens (tertiary/aromatic N) is 1. The van der Waals surface area contributed by atoms with Crippen LogP contribution in [0, 0.1) is 0 Å². The first-order valence-corrected chi connectivity index (χ1v) is 6.59. The molecule has 2 atom stereocenters. The second-order valence-electron chi connectivity index (χ2n) is 3.73. The molecule has 0 spiro atoms. The minimum atomic E-state index is -1.02. The van der Waals surface area contributed by atoms with Gasteiger partial charge in [-0.25, -0.2) is 9.69 Å². The van der Waals surface area contributed by atoms with Crippen LogP contribution in [0.25, 0.3) is 0 Å². The molecule has 17 heavy (non-hydrogen) atoms. The number of benzene rings is 1. The number of ether oxygens (including phenoxy) is 1. The van der Waals surface area contributed by atoms with Gasteiger partial charge in [0.2, 0.25) is 0 Å². The first-order chi connectivity index (χ1) is 7.93. The zero-order valence-corrected chi connectivity index (χ0v) is 12.1. The van der Waals surface area contributed by atoms with Crippen molar-refractivity contribution in [2.75, 3.05) is 4.90 Å². The number of carbonyl (C=O) groups excluding carboxylic acids is 2. The van der Waals surface area contributed by atoms with Crippen molar-refractivity contribution < 1.29 is 14.3 Å². The Labute approximate surface area is 115 Å². The van der Waals surface area contributed by atoms with Crippen molar-refractivity contribution >= 4 is 49.5 Å². The zero-order valence-electron chi connectivity index (χ0n) is 8.89. The van der Waals surface area contributed by atoms with E-state index in [4.69, 9.17) is 4.74 Å². The van der Waals surface area contributed by atoms with Gasteiger partial charge in [0.05, 0.1) is 5.69 Å². The van der Waals surface area contributed by atoms with Crippen LogP contribution in [-0.4, -0.2) is 21.3 Å². The van der Waals surface area contributed by atoms with E-state index in [-0.39, 0.29) is 5.91 Å². The minimum Gasteiger partial charge on any atom is -0.429 e. The number of halogens is 2. The molecule has 2 rings (SSSR count). The second-order valence-corrected chi connectivity index (χ2v) is 6.22. The summed E-state index contributed by atoms with van der Waals surface area (Å²) in [6, 6.07) is 8.66. The van der Waals surface area contributed by atoms with E-state index >= 15 is 0 Å². The lowest BCUT2D eigenvalue weighted by Gasteiger charge is -2.37. The van der Waals surface area contributed by atoms with E-state index in [1.807, 2.05) is 6.07 Å². The average Bonchev–Trinajstić information content (AvgIpc) is 2.27. The van der Waals surface area contributed by atoms with Gasteiger partial charge in [-0.1, -0.05) is 34.1 Å². The molecule has 1 aliphatic rings. The summed E-state index contributed by atoms with van der Waals surface area (Å²) in [5.74, 6) is -0.355. The van der Waals surface area contributed by atoms with Gasteiger partial charge in [-0.2, -0.15) is 0 Å². The van der Waals surface area contributed by atoms with Gasteiger partial charge in [-0.3, -0.25) is 4.79 Å². The topological polar surface area (TPSA) is 46.6 Å². The van der Waals surface area contributed by atoms with Crippen molar-refractivity contribution in [1.29, 1.82) is 0 Å². The Kier molecular flexibility index (Phi) is 3.27. The van der Waals surface area contributed by atoms with Crippen molar-refractivity contribution in [3.8, 4) is 0 Å². The highest BCUT2D eigenvalue weighted by molar-refractivity contribution is 9.12. The highest BCUT2D eigenvalue weighted by Crippen LogP contribution is 2.36. The van der Waals surface area contributed by atoms with Crippen LogP contribution in [0.15, 0.2) is 30.3 Å². The highest BCUT2D eigenvalue weighted by atomic mass is 79.9. The third kappa shape index (κ3) is 2.24. The number of rotatable bonds is 1. The Morgan fingerprint density at radius 3 is 2.47 bits per heavy atom. The predicted octanol–water partition coefficient (Wildman–Crippen LogP) is 3.04. The van der Waals surface area contributed by atoms with Crippen LogP contribution in [0.1, 0.15) is 6.92 Å². The van der Waals surface area contributed by atoms with Gasteiger partial charge in [0, 0.05) is 0 Å². The SMILES string of the molecule is CC1(Br)OC(=O)N(c2ccccc2)C(=O)C1Br. The number of amides is 2. The standard InChI is InChI=1S/C11H9Br2NO3/c1-11(13)8(12)9(15)14(10(16)17-11)7-5-3-2-4-6-7/h2-6,8H,1H3. The van der Waals surface area contributed by atoms with Crippen molar-refractivity contribution in [2.24, 2.45) is 0 Å². The number of imide groups is 1. The average molecular weight is 363 g/mol. The molecule has 90 valence electrons. The Morgan fingerprint density at radius 1 is 1.29 bits per heavy atom. The van der Waals surface area contributed by atoms with Crippen molar-refractivity contribution in [3.63, 3.8) is 0 Å². The molecular formula is C11H9Br2NO3. The molecule has 4 nitrogen and oxygen atoms in total. The Balaban J connectivity index is 2.37. The van der Waals surface area contributed by atoms with Crippen molar-refractivity contribution in [1.82, 2.24) is 0 Å². The molecule has 1 aromatic carbocycles. The van der Waals surface area contributed by atoms with Gasteiger partial charge in [0.1, 0.15) is 4.83 Å². The van der Waals surface area contributed by atoms with Gasteiger partial charge in [0.25, 0.3) is 5.91 Å². The fourth-order valence-corrected chi connectivity index (χ4v) is 2.13. The largest absolute Gasteiger partial charge is 0.429 e. The Bertz CT molecular complexity index is 461. The van der Waals surface area contributed by atoms with E-state index < -0.39 is 15.4 Å². The molecule has 0 N–H and O–H groups in total. The maximum atomic E-state index is 12.1. The van der Waals surface area contributed by atoms with Crippen LogP contribution < -0.4 is 4.90 Å². The molecule has 6 heteroatoms. The maximum Gasteiger partial charge on any atom is 0.422 e. The monoisotopic (exact) mass is 361 g/mol. The zero-order chi connectivity index (χ0) is 12.6. The molecular weight excluding hydrogens is 354 g/mol. The lowest BCUT2D eigenvalue weighted by molar-refractivity contribution is -0.121. The predicted molar refractivity (Wildman–Crippen MR) is 70.5 cm³/mol. The highest BCUT2D eigenvalue weighted by Gasteiger charge is 2.49. The molecule has 1 fully saturated rings. The molecule has 0 bridgehead atoms. The van der Waals surface area contributed by atoms with Crippen LogP contribution in [0.4, 0.5) is 10.5 Å². The number of para-hydroxylation sites is 1. The van der Waals surface area contributed by atoms with Crippen LogP contribution in [0.2, 0.25) is 0 Å². The van der Waals surface area contributed by atoms with Crippen LogP contribution in [-0.2, 0) is 9.53 Å². The van der Waals surface area contributed by atoms with Gasteiger partial charge in [-0.05, 0) is 35.0 Å². The number of cyclic esters (lactones) is 1. The third-order valence-corrected chi connectivity index (χ3v) is 4.87. The molecule has 1 saturated heterocycles. The molecule has 0 saturated carbocycles. The van der Waals surface area contributed by atoms with E-state index in [0.717, 1.165) is 4.90 Å². The number of hydrogen-bond donors (Lipinski definition) is 0. The Morgan fingerprint density at radius 2 is 1.88 bits per heavy atom. The van der Waals surface area contributed by atoms with Crippen LogP contribution >= 0.6 is 31.9 Å². The molecule has 1 aromatic rings. The van der Waals surface area contributed by atoms with E-state index in [1.54, 1.807) is 31.2 Å². The summed E-state index contributed by atoms with van der Waals surface area (Å²) in [4.78, 5) is 24.3. The lowest BCUT2D eigenvalue weighted by Crippen LogP contribution is -2.56. The quantitative estimate of drug-likeness (QED) is 0.721. The Hall–Kier alpha value is -0.880. The normalized spacial score (nSPS) is 29.1. The molecule has 0 radical (unpaired) electrons. The number of alkyl halides is 2. The van der Waals surface area contributed by atoms with E-state index in [2.05, 4.69) is 31.9 Å². The maximum absolute atomic E-state index is 12.1. The molecule has 0 aliphatic carbocycles. The second kappa shape index (κ2) is 4.42. The number of anilines is 1. The summed E-state index contributed by atoms with van der Waals surface area (Å²) in [6.07, 6.45) is -0.684. The lowest BCUT2D eigenvalue weighted by atomic mass is 10.2. The van der Waals surface area contributed by atoms with Gasteiger partial charge in [0.15, 0.2) is 4.51 Å². The first kappa shape index (κ1) is 12.6. The van der Waals surface area contributed by atoms with Gasteiger partial charge in [-0.15, -0.1) is 0 Å². The van der Waals surface area contributed by atoms with Gasteiger partial charge < -0.3 is 4.74 Å². The molecule has 2 unspecified atom stereocenters. The summed E-state index contributed by atoms with van der Waals surface area (Å²) in [5.41, 5.74) is 0.495. The fourth-order valence-electron chi connectivity index (χ4n) is 1.50. The van der Waals surface area contributed by atoms with E-state index in [9.17, 15) is 9.59 Å². The molecule has 0 aromatic heterocycles. The summed E-state index contributed by atoms with van der Waals surface area (Å²) in [5, 5.41) is 0. The molecule has 1 aliphatic heterocycles. The fraction of sp³-hybridized carbons (Fsp3) is 0.273. The third-order valence-electron chi connectivity index (χ3n) is 2.37. The smallest absolute Gasteiger partial charge is 0.422 e. The summed E-state index contributed by atoms with van der Waals surface area (Å²) in [7, 11) is 0.